The van der Waals surface area contributed by atoms with Crippen LogP contribution < -0.4 is 29.6 Å². The van der Waals surface area contributed by atoms with E-state index in [0.29, 0.717) is 11.5 Å². The average Bonchev–Trinajstić information content (AvgIpc) is 2.76. The first kappa shape index (κ1) is 19.0. The zero-order valence-electron chi connectivity index (χ0n) is 11.5. The number of carboxylic acids is 1. The van der Waals surface area contributed by atoms with E-state index in [1.165, 1.54) is 16.7 Å². The van der Waals surface area contributed by atoms with Crippen LogP contribution in [0, 0.1) is 4.77 Å². The smallest absolute Gasteiger partial charge is 0.744 e. The second kappa shape index (κ2) is 7.49. The Morgan fingerprint density at radius 2 is 1.95 bits per heavy atom. The summed E-state index contributed by atoms with van der Waals surface area (Å²) in [4.78, 5) is 10.3. The summed E-state index contributed by atoms with van der Waals surface area (Å²) < 4.78 is 34.4. The van der Waals surface area contributed by atoms with Crippen molar-refractivity contribution in [2.75, 3.05) is 0 Å². The summed E-state index contributed by atoms with van der Waals surface area (Å²) in [6, 6.07) is 5.13. The molecule has 11 heteroatoms. The van der Waals surface area contributed by atoms with Gasteiger partial charge in [0.15, 0.2) is 4.77 Å². The van der Waals surface area contributed by atoms with Crippen molar-refractivity contribution in [2.45, 2.75) is 17.7 Å². The number of aromatic nitrogens is 3. The molecule has 0 saturated carbocycles. The van der Waals surface area contributed by atoms with Crippen molar-refractivity contribution in [3.05, 3.63) is 34.9 Å². The molecule has 0 aliphatic heterocycles. The Balaban J connectivity index is 0.00000242. The van der Waals surface area contributed by atoms with Gasteiger partial charge in [-0.1, -0.05) is 0 Å². The minimum Gasteiger partial charge on any atom is -0.744 e. The molecule has 0 aliphatic rings. The molecule has 0 aliphatic carbocycles. The second-order valence-corrected chi connectivity index (χ2v) is 5.89. The van der Waals surface area contributed by atoms with Gasteiger partial charge in [-0.05, 0) is 36.5 Å². The van der Waals surface area contributed by atoms with Crippen molar-refractivity contribution in [3.63, 3.8) is 0 Å². The van der Waals surface area contributed by atoms with Crippen LogP contribution in [0.1, 0.15) is 12.2 Å². The molecule has 0 fully saturated rings. The van der Waals surface area contributed by atoms with Crippen molar-refractivity contribution in [2.24, 2.45) is 0 Å². The maximum Gasteiger partial charge on any atom is 1.00 e. The summed E-state index contributed by atoms with van der Waals surface area (Å²) in [5.74, 6) is -0.566. The SMILES string of the molecule is O=C(O)CCc1n[nH]c(=S)n1-c1ccc(S(=O)(=O)[O-])cc1.[Na+]. The maximum absolute atomic E-state index is 10.9. The number of H-pyrrole nitrogens is 1. The van der Waals surface area contributed by atoms with E-state index in [1.54, 1.807) is 0 Å². The minimum absolute atomic E-state index is 0. The van der Waals surface area contributed by atoms with Crippen LogP contribution in [0.4, 0.5) is 0 Å². The number of carboxylic acid groups (broad SMARTS) is 1. The number of aryl methyl sites for hydroxylation is 1. The summed E-state index contributed by atoms with van der Waals surface area (Å²) in [6.45, 7) is 0. The Morgan fingerprint density at radius 3 is 2.45 bits per heavy atom. The predicted molar refractivity (Wildman–Crippen MR) is 72.7 cm³/mol. The van der Waals surface area contributed by atoms with Crippen molar-refractivity contribution >= 4 is 28.3 Å². The molecule has 8 nitrogen and oxygen atoms in total. The topological polar surface area (TPSA) is 128 Å². The first-order valence-corrected chi connectivity index (χ1v) is 7.55. The van der Waals surface area contributed by atoms with E-state index in [2.05, 4.69) is 10.2 Å². The molecule has 112 valence electrons. The molecule has 2 rings (SSSR count). The molecule has 1 heterocycles. The number of nitrogens with one attached hydrogen (secondary N) is 1. The van der Waals surface area contributed by atoms with Gasteiger partial charge < -0.3 is 9.66 Å². The Bertz CT molecular complexity index is 826. The van der Waals surface area contributed by atoms with E-state index in [4.69, 9.17) is 17.3 Å². The van der Waals surface area contributed by atoms with Gasteiger partial charge in [0.1, 0.15) is 15.9 Å². The first-order chi connectivity index (χ1) is 9.79. The fourth-order valence-corrected chi connectivity index (χ4v) is 2.47. The summed E-state index contributed by atoms with van der Waals surface area (Å²) in [5.41, 5.74) is 0.488. The number of aromatic amines is 1. The Morgan fingerprint density at radius 1 is 1.36 bits per heavy atom. The van der Waals surface area contributed by atoms with Gasteiger partial charge in [0, 0.05) is 12.1 Å². The van der Waals surface area contributed by atoms with Crippen molar-refractivity contribution in [1.29, 1.82) is 0 Å². The number of carbonyl (C=O) groups is 1. The maximum atomic E-state index is 10.9. The van der Waals surface area contributed by atoms with E-state index < -0.39 is 16.1 Å². The van der Waals surface area contributed by atoms with E-state index >= 15 is 0 Å². The standard InChI is InChI=1S/C11H11N3O5S2.Na/c15-10(16)6-5-9-12-13-11(20)14(9)7-1-3-8(4-2-7)21(17,18)19;/h1-4H,5-6H2,(H,13,20)(H,15,16)(H,17,18,19);/q;+1/p-1. The molecule has 0 unspecified atom stereocenters. The van der Waals surface area contributed by atoms with Crippen LogP contribution in [0.5, 0.6) is 0 Å². The first-order valence-electron chi connectivity index (χ1n) is 5.73. The van der Waals surface area contributed by atoms with Crippen LogP contribution in [-0.2, 0) is 21.3 Å². The summed E-state index contributed by atoms with van der Waals surface area (Å²) in [5, 5.41) is 15.2. The zero-order chi connectivity index (χ0) is 15.6. The van der Waals surface area contributed by atoms with E-state index in [1.807, 2.05) is 0 Å². The van der Waals surface area contributed by atoms with E-state index in [0.717, 1.165) is 12.1 Å². The summed E-state index contributed by atoms with van der Waals surface area (Å²) >= 11 is 5.06. The molecular weight excluding hydrogens is 341 g/mol. The van der Waals surface area contributed by atoms with Gasteiger partial charge in [-0.25, -0.2) is 8.42 Å². The van der Waals surface area contributed by atoms with E-state index in [-0.39, 0.29) is 52.1 Å². The predicted octanol–water partition coefficient (Wildman–Crippen LogP) is -2.14. The molecule has 0 bridgehead atoms. The van der Waals surface area contributed by atoms with Crippen LogP contribution in [0.25, 0.3) is 5.69 Å². The van der Waals surface area contributed by atoms with Crippen LogP contribution in [0.15, 0.2) is 29.2 Å². The van der Waals surface area contributed by atoms with Gasteiger partial charge in [-0.15, -0.1) is 0 Å². The van der Waals surface area contributed by atoms with Gasteiger partial charge in [0.2, 0.25) is 0 Å². The molecular formula is C11H10N3NaO5S2. The molecule has 0 atom stereocenters. The third-order valence-electron chi connectivity index (χ3n) is 2.69. The molecule has 0 saturated heterocycles. The molecule has 2 N–H and O–H groups in total. The third-order valence-corrected chi connectivity index (χ3v) is 3.81. The van der Waals surface area contributed by atoms with Gasteiger partial charge in [-0.3, -0.25) is 14.5 Å². The fraction of sp³-hybridized carbons (Fsp3) is 0.182. The average molecular weight is 351 g/mol. The Kier molecular flexibility index (Phi) is 6.47. The third kappa shape index (κ3) is 4.48. The van der Waals surface area contributed by atoms with Crippen molar-refractivity contribution in [3.8, 4) is 5.69 Å². The summed E-state index contributed by atoms with van der Waals surface area (Å²) in [7, 11) is -4.52. The molecule has 0 radical (unpaired) electrons. The van der Waals surface area contributed by atoms with Gasteiger partial charge >= 0.3 is 35.5 Å². The molecule has 1 aromatic carbocycles. The van der Waals surface area contributed by atoms with Crippen LogP contribution in [-0.4, -0.2) is 38.8 Å². The number of hydrogen-bond donors (Lipinski definition) is 2. The Labute approximate surface area is 153 Å². The van der Waals surface area contributed by atoms with Gasteiger partial charge in [-0.2, -0.15) is 5.10 Å². The summed E-state index contributed by atoms with van der Waals surface area (Å²) in [6.07, 6.45) is 0.0384. The van der Waals surface area contributed by atoms with Crippen LogP contribution in [0.3, 0.4) is 0 Å². The second-order valence-electron chi connectivity index (χ2n) is 4.12. The number of nitrogens with zero attached hydrogens (tertiary/aromatic N) is 2. The number of rotatable bonds is 5. The molecule has 0 amide bonds. The number of aliphatic carboxylic acids is 1. The normalized spacial score (nSPS) is 11.0. The zero-order valence-corrected chi connectivity index (χ0v) is 15.1. The largest absolute Gasteiger partial charge is 1.00 e. The molecule has 22 heavy (non-hydrogen) atoms. The number of benzene rings is 1. The number of hydrogen-bond acceptors (Lipinski definition) is 6. The van der Waals surface area contributed by atoms with E-state index in [9.17, 15) is 17.8 Å². The molecule has 0 spiro atoms. The van der Waals surface area contributed by atoms with Crippen molar-refractivity contribution < 1.29 is 52.4 Å². The van der Waals surface area contributed by atoms with Crippen LogP contribution >= 0.6 is 12.2 Å². The van der Waals surface area contributed by atoms with Crippen LogP contribution in [0.2, 0.25) is 0 Å². The monoisotopic (exact) mass is 351 g/mol. The fourth-order valence-electron chi connectivity index (χ4n) is 1.74. The minimum atomic E-state index is -4.52. The van der Waals surface area contributed by atoms with Gasteiger partial charge in [0.25, 0.3) is 0 Å². The quantitative estimate of drug-likeness (QED) is 0.357. The molecule has 2 aromatic rings. The molecule has 1 aromatic heterocycles. The van der Waals surface area contributed by atoms with Crippen molar-refractivity contribution in [1.82, 2.24) is 14.8 Å². The Hall–Kier alpha value is -1.04. The van der Waals surface area contributed by atoms with Gasteiger partial charge in [0.05, 0.1) is 11.3 Å².